The Balaban J connectivity index is 2.32. The van der Waals surface area contributed by atoms with Crippen molar-refractivity contribution in [1.82, 2.24) is 9.29 Å². The van der Waals surface area contributed by atoms with E-state index in [1.54, 1.807) is 0 Å². The first kappa shape index (κ1) is 15.9. The lowest BCUT2D eigenvalue weighted by Crippen LogP contribution is -2.39. The van der Waals surface area contributed by atoms with Crippen molar-refractivity contribution < 1.29 is 18.3 Å². The van der Waals surface area contributed by atoms with Crippen molar-refractivity contribution in [2.75, 3.05) is 6.54 Å². The Kier molecular flexibility index (Phi) is 4.95. The Morgan fingerprint density at radius 1 is 1.38 bits per heavy atom. The van der Waals surface area contributed by atoms with E-state index in [0.717, 1.165) is 38.3 Å². The molecule has 1 aliphatic rings. The second-order valence-corrected chi connectivity index (χ2v) is 7.05. The molecule has 0 bridgehead atoms. The summed E-state index contributed by atoms with van der Waals surface area (Å²) in [5.41, 5.74) is -0.0168. The quantitative estimate of drug-likeness (QED) is 0.920. The number of sulfonamides is 1. The molecule has 0 aliphatic carbocycles. The van der Waals surface area contributed by atoms with Gasteiger partial charge in [-0.3, -0.25) is 0 Å². The van der Waals surface area contributed by atoms with E-state index in [4.69, 9.17) is 5.11 Å². The summed E-state index contributed by atoms with van der Waals surface area (Å²) in [6.45, 7) is 2.49. The summed E-state index contributed by atoms with van der Waals surface area (Å²) in [6, 6.07) is 2.55. The van der Waals surface area contributed by atoms with Gasteiger partial charge >= 0.3 is 5.97 Å². The van der Waals surface area contributed by atoms with Crippen LogP contribution in [0.25, 0.3) is 0 Å². The van der Waals surface area contributed by atoms with Gasteiger partial charge in [0.05, 0.1) is 5.56 Å². The van der Waals surface area contributed by atoms with Gasteiger partial charge in [-0.05, 0) is 31.4 Å². The Hall–Kier alpha value is -1.47. The first-order chi connectivity index (χ1) is 9.96. The number of hydrogen-bond donors (Lipinski definition) is 1. The number of nitrogens with zero attached hydrogens (tertiary/aromatic N) is 2. The second-order valence-electron chi connectivity index (χ2n) is 5.22. The maximum atomic E-state index is 12.7. The van der Waals surface area contributed by atoms with Crippen molar-refractivity contribution in [2.45, 2.75) is 50.1 Å². The predicted octanol–water partition coefficient (Wildman–Crippen LogP) is 2.12. The number of carboxylic acid groups (broad SMARTS) is 1. The highest BCUT2D eigenvalue weighted by Gasteiger charge is 2.32. The molecule has 1 N–H and O–H groups in total. The van der Waals surface area contributed by atoms with E-state index >= 15 is 0 Å². The molecule has 1 aromatic rings. The van der Waals surface area contributed by atoms with Crippen LogP contribution in [-0.2, 0) is 10.0 Å². The van der Waals surface area contributed by atoms with Crippen molar-refractivity contribution >= 4 is 16.0 Å². The zero-order chi connectivity index (χ0) is 15.5. The molecule has 2 heterocycles. The molecule has 7 heteroatoms. The van der Waals surface area contributed by atoms with Crippen LogP contribution in [0.3, 0.4) is 0 Å². The SMILES string of the molecule is CCC1CCCCCN1S(=O)(=O)c1ccc(C(=O)O)cn1. The van der Waals surface area contributed by atoms with Gasteiger partial charge in [-0.2, -0.15) is 4.31 Å². The highest BCUT2D eigenvalue weighted by Crippen LogP contribution is 2.25. The van der Waals surface area contributed by atoms with Gasteiger partial charge in [-0.25, -0.2) is 18.2 Å². The number of rotatable bonds is 4. The highest BCUT2D eigenvalue weighted by atomic mass is 32.2. The first-order valence-corrected chi connectivity index (χ1v) is 8.62. The average Bonchev–Trinajstić information content (AvgIpc) is 2.72. The van der Waals surface area contributed by atoms with Crippen molar-refractivity contribution in [2.24, 2.45) is 0 Å². The van der Waals surface area contributed by atoms with Crippen LogP contribution in [0, 0.1) is 0 Å². The molecular formula is C14H20N2O4S. The number of aromatic carboxylic acids is 1. The topological polar surface area (TPSA) is 87.6 Å². The van der Waals surface area contributed by atoms with Crippen LogP contribution in [0.4, 0.5) is 0 Å². The fraction of sp³-hybridized carbons (Fsp3) is 0.571. The molecule has 1 fully saturated rings. The molecule has 21 heavy (non-hydrogen) atoms. The molecule has 1 aromatic heterocycles. The molecule has 0 spiro atoms. The van der Waals surface area contributed by atoms with Crippen molar-refractivity contribution in [3.63, 3.8) is 0 Å². The van der Waals surface area contributed by atoms with Crippen LogP contribution >= 0.6 is 0 Å². The monoisotopic (exact) mass is 312 g/mol. The van der Waals surface area contributed by atoms with Gasteiger partial charge in [-0.15, -0.1) is 0 Å². The van der Waals surface area contributed by atoms with Crippen molar-refractivity contribution in [3.05, 3.63) is 23.9 Å². The Morgan fingerprint density at radius 2 is 2.14 bits per heavy atom. The molecule has 1 unspecified atom stereocenters. The summed E-state index contributed by atoms with van der Waals surface area (Å²) in [4.78, 5) is 14.6. The molecule has 1 saturated heterocycles. The van der Waals surface area contributed by atoms with E-state index in [9.17, 15) is 13.2 Å². The molecule has 0 radical (unpaired) electrons. The van der Waals surface area contributed by atoms with Crippen LogP contribution in [0.2, 0.25) is 0 Å². The van der Waals surface area contributed by atoms with Gasteiger partial charge < -0.3 is 5.11 Å². The molecular weight excluding hydrogens is 292 g/mol. The minimum Gasteiger partial charge on any atom is -0.478 e. The molecule has 1 atom stereocenters. The van der Waals surface area contributed by atoms with E-state index < -0.39 is 16.0 Å². The Bertz CT molecular complexity index is 598. The lowest BCUT2D eigenvalue weighted by Gasteiger charge is -2.27. The number of pyridine rings is 1. The third kappa shape index (κ3) is 3.41. The lowest BCUT2D eigenvalue weighted by molar-refractivity contribution is 0.0696. The largest absolute Gasteiger partial charge is 0.478 e. The van der Waals surface area contributed by atoms with Crippen molar-refractivity contribution in [1.29, 1.82) is 0 Å². The zero-order valence-electron chi connectivity index (χ0n) is 12.0. The summed E-state index contributed by atoms with van der Waals surface area (Å²) in [5.74, 6) is -1.12. The third-order valence-corrected chi connectivity index (χ3v) is 5.72. The molecule has 6 nitrogen and oxygen atoms in total. The van der Waals surface area contributed by atoms with E-state index in [1.807, 2.05) is 6.92 Å². The number of carboxylic acids is 1. The summed E-state index contributed by atoms with van der Waals surface area (Å²) < 4.78 is 26.9. The zero-order valence-corrected chi connectivity index (χ0v) is 12.8. The summed E-state index contributed by atoms with van der Waals surface area (Å²) in [7, 11) is -3.66. The average molecular weight is 312 g/mol. The smallest absolute Gasteiger partial charge is 0.337 e. The minimum absolute atomic E-state index is 0.00143. The van der Waals surface area contributed by atoms with Gasteiger partial charge in [-0.1, -0.05) is 19.8 Å². The Labute approximate surface area is 124 Å². The molecule has 0 saturated carbocycles. The molecule has 1 aliphatic heterocycles. The van der Waals surface area contributed by atoms with Gasteiger partial charge in [0.1, 0.15) is 0 Å². The van der Waals surface area contributed by atoms with Crippen LogP contribution in [0.5, 0.6) is 0 Å². The van der Waals surface area contributed by atoms with Gasteiger partial charge in [0.25, 0.3) is 10.0 Å². The van der Waals surface area contributed by atoms with Crippen LogP contribution in [-0.4, -0.2) is 41.4 Å². The second kappa shape index (κ2) is 6.53. The molecule has 0 amide bonds. The number of carbonyl (C=O) groups is 1. The lowest BCUT2D eigenvalue weighted by atomic mass is 10.1. The molecule has 2 rings (SSSR count). The standard InChI is InChI=1S/C14H20N2O4S/c1-2-12-6-4-3-5-9-16(12)21(19,20)13-8-7-11(10-15-13)14(17)18/h7-8,10,12H,2-6,9H2,1H3,(H,17,18). The minimum atomic E-state index is -3.66. The number of aromatic nitrogens is 1. The maximum absolute atomic E-state index is 12.7. The highest BCUT2D eigenvalue weighted by molar-refractivity contribution is 7.89. The maximum Gasteiger partial charge on any atom is 0.337 e. The Morgan fingerprint density at radius 3 is 2.71 bits per heavy atom. The van der Waals surface area contributed by atoms with Gasteiger partial charge in [0.15, 0.2) is 5.03 Å². The normalized spacial score (nSPS) is 20.9. The van der Waals surface area contributed by atoms with E-state index in [1.165, 1.54) is 16.4 Å². The van der Waals surface area contributed by atoms with Gasteiger partial charge in [0.2, 0.25) is 0 Å². The van der Waals surface area contributed by atoms with Crippen molar-refractivity contribution in [3.8, 4) is 0 Å². The third-order valence-electron chi connectivity index (χ3n) is 3.85. The molecule has 0 aromatic carbocycles. The fourth-order valence-electron chi connectivity index (χ4n) is 2.65. The first-order valence-electron chi connectivity index (χ1n) is 7.18. The van der Waals surface area contributed by atoms with Crippen LogP contribution < -0.4 is 0 Å². The summed E-state index contributed by atoms with van der Waals surface area (Å²) in [6.07, 6.45) is 5.65. The van der Waals surface area contributed by atoms with Crippen LogP contribution in [0.1, 0.15) is 49.4 Å². The van der Waals surface area contributed by atoms with E-state index in [-0.39, 0.29) is 16.6 Å². The predicted molar refractivity (Wildman–Crippen MR) is 77.6 cm³/mol. The van der Waals surface area contributed by atoms with E-state index in [0.29, 0.717) is 6.54 Å². The fourth-order valence-corrected chi connectivity index (χ4v) is 4.34. The summed E-state index contributed by atoms with van der Waals surface area (Å²) >= 11 is 0. The summed E-state index contributed by atoms with van der Waals surface area (Å²) in [5, 5.41) is 8.77. The van der Waals surface area contributed by atoms with Gasteiger partial charge in [0, 0.05) is 18.8 Å². The number of hydrogen-bond acceptors (Lipinski definition) is 4. The van der Waals surface area contributed by atoms with Crippen LogP contribution in [0.15, 0.2) is 23.4 Å². The van der Waals surface area contributed by atoms with E-state index in [2.05, 4.69) is 4.98 Å². The molecule has 116 valence electrons.